The van der Waals surface area contributed by atoms with Crippen LogP contribution in [0, 0.1) is 0 Å². The Hall–Kier alpha value is -0.900. The number of rotatable bonds is 5. The Morgan fingerprint density at radius 2 is 1.18 bits per heavy atom. The van der Waals surface area contributed by atoms with Gasteiger partial charge in [0.1, 0.15) is 0 Å². The lowest BCUT2D eigenvalue weighted by Gasteiger charge is -2.14. The van der Waals surface area contributed by atoms with E-state index < -0.39 is 0 Å². The van der Waals surface area contributed by atoms with Crippen molar-refractivity contribution in [3.05, 3.63) is 60.7 Å². The van der Waals surface area contributed by atoms with E-state index >= 15 is 0 Å². The van der Waals surface area contributed by atoms with Gasteiger partial charge in [-0.1, -0.05) is 59.9 Å². The fourth-order valence-electron chi connectivity index (χ4n) is 1.34. The molecule has 0 aliphatic heterocycles. The van der Waals surface area contributed by atoms with Gasteiger partial charge in [0.2, 0.25) is 0 Å². The van der Waals surface area contributed by atoms with Crippen molar-refractivity contribution in [2.45, 2.75) is 14.6 Å². The number of hydrogen-bond acceptors (Lipinski definition) is 3. The third-order valence-electron chi connectivity index (χ3n) is 2.14. The van der Waals surface area contributed by atoms with Crippen LogP contribution in [0.15, 0.2) is 70.5 Å². The summed E-state index contributed by atoms with van der Waals surface area (Å²) >= 11 is 3.45. The molecule has 0 radical (unpaired) electrons. The van der Waals surface area contributed by atoms with E-state index in [1.807, 2.05) is 36.4 Å². The smallest absolute Gasteiger partial charge is 0.158 e. The van der Waals surface area contributed by atoms with Crippen molar-refractivity contribution in [2.24, 2.45) is 0 Å². The lowest BCUT2D eigenvalue weighted by molar-refractivity contribution is 0.235. The molecule has 3 heteroatoms. The Balaban J connectivity index is 1.98. The van der Waals surface area contributed by atoms with E-state index in [1.165, 1.54) is 9.79 Å². The first kappa shape index (κ1) is 12.6. The van der Waals surface area contributed by atoms with Gasteiger partial charge < -0.3 is 4.74 Å². The van der Waals surface area contributed by atoms with Crippen molar-refractivity contribution in [3.63, 3.8) is 0 Å². The minimum atomic E-state index is 0.0831. The van der Waals surface area contributed by atoms with Crippen LogP contribution >= 0.6 is 23.5 Å². The minimum Gasteiger partial charge on any atom is -0.360 e. The maximum atomic E-state index is 5.48. The summed E-state index contributed by atoms with van der Waals surface area (Å²) in [6, 6.07) is 20.6. The Bertz CT molecular complexity index is 389. The van der Waals surface area contributed by atoms with Crippen LogP contribution < -0.4 is 0 Å². The molecule has 88 valence electrons. The Kier molecular flexibility index (Phi) is 4.98. The van der Waals surface area contributed by atoms with Crippen LogP contribution in [-0.2, 0) is 4.74 Å². The van der Waals surface area contributed by atoms with Gasteiger partial charge in [0.25, 0.3) is 0 Å². The van der Waals surface area contributed by atoms with Crippen molar-refractivity contribution in [1.29, 1.82) is 0 Å². The molecular weight excluding hydrogens is 248 g/mol. The number of hydrogen-bond donors (Lipinski definition) is 0. The Morgan fingerprint density at radius 1 is 0.765 bits per heavy atom. The van der Waals surface area contributed by atoms with Gasteiger partial charge in [-0.25, -0.2) is 0 Å². The van der Waals surface area contributed by atoms with Crippen LogP contribution in [0.25, 0.3) is 0 Å². The van der Waals surface area contributed by atoms with Crippen molar-refractivity contribution in [2.75, 3.05) is 7.11 Å². The molecule has 0 amide bonds. The monoisotopic (exact) mass is 262 g/mol. The normalized spacial score (nSPS) is 10.7. The highest BCUT2D eigenvalue weighted by Gasteiger charge is 2.10. The second kappa shape index (κ2) is 6.74. The molecule has 0 heterocycles. The van der Waals surface area contributed by atoms with E-state index in [9.17, 15) is 0 Å². The average Bonchev–Trinajstić information content (AvgIpc) is 2.40. The van der Waals surface area contributed by atoms with Crippen molar-refractivity contribution < 1.29 is 4.74 Å². The predicted molar refractivity (Wildman–Crippen MR) is 75.4 cm³/mol. The van der Waals surface area contributed by atoms with Crippen molar-refractivity contribution in [3.8, 4) is 0 Å². The third kappa shape index (κ3) is 4.11. The van der Waals surface area contributed by atoms with Gasteiger partial charge in [-0.2, -0.15) is 0 Å². The van der Waals surface area contributed by atoms with E-state index in [4.69, 9.17) is 4.74 Å². The maximum Gasteiger partial charge on any atom is 0.158 e. The van der Waals surface area contributed by atoms with Crippen LogP contribution in [0.5, 0.6) is 0 Å². The predicted octanol–water partition coefficient (Wildman–Crippen LogP) is 4.50. The molecule has 0 N–H and O–H groups in total. The molecule has 0 aliphatic carbocycles. The first-order valence-corrected chi connectivity index (χ1v) is 7.10. The zero-order valence-electron chi connectivity index (χ0n) is 9.58. The van der Waals surface area contributed by atoms with E-state index in [0.29, 0.717) is 0 Å². The summed E-state index contributed by atoms with van der Waals surface area (Å²) in [6.07, 6.45) is 0. The molecule has 2 aromatic rings. The van der Waals surface area contributed by atoms with Gasteiger partial charge in [0.15, 0.2) is 4.77 Å². The van der Waals surface area contributed by atoms with Gasteiger partial charge in [-0.3, -0.25) is 0 Å². The molecule has 0 aromatic heterocycles. The number of ether oxygens (including phenoxy) is 1. The molecule has 0 spiro atoms. The van der Waals surface area contributed by atoms with Crippen LogP contribution in [-0.4, -0.2) is 11.9 Å². The fraction of sp³-hybridized carbons (Fsp3) is 0.143. The van der Waals surface area contributed by atoms with E-state index in [2.05, 4.69) is 24.3 Å². The van der Waals surface area contributed by atoms with Crippen LogP contribution in [0.4, 0.5) is 0 Å². The second-order valence-electron chi connectivity index (χ2n) is 3.39. The summed E-state index contributed by atoms with van der Waals surface area (Å²) in [5, 5.41) is 0. The molecular formula is C14H14OS2. The molecule has 1 nitrogen and oxygen atoms in total. The fourth-order valence-corrected chi connectivity index (χ4v) is 3.47. The number of benzene rings is 2. The van der Waals surface area contributed by atoms with Gasteiger partial charge >= 0.3 is 0 Å². The van der Waals surface area contributed by atoms with Gasteiger partial charge in [0, 0.05) is 16.9 Å². The quantitative estimate of drug-likeness (QED) is 0.580. The number of methoxy groups -OCH3 is 1. The van der Waals surface area contributed by atoms with Crippen molar-refractivity contribution in [1.82, 2.24) is 0 Å². The summed E-state index contributed by atoms with van der Waals surface area (Å²) in [6.45, 7) is 0. The zero-order valence-corrected chi connectivity index (χ0v) is 11.2. The Labute approximate surface area is 111 Å². The topological polar surface area (TPSA) is 9.23 Å². The van der Waals surface area contributed by atoms with E-state index in [-0.39, 0.29) is 4.77 Å². The van der Waals surface area contributed by atoms with E-state index in [0.717, 1.165) is 0 Å². The van der Waals surface area contributed by atoms with Gasteiger partial charge in [-0.05, 0) is 24.3 Å². The second-order valence-corrected chi connectivity index (χ2v) is 5.96. The largest absolute Gasteiger partial charge is 0.360 e. The molecule has 0 fully saturated rings. The summed E-state index contributed by atoms with van der Waals surface area (Å²) in [5.74, 6) is 0. The standard InChI is InChI=1S/C14H14OS2/c1-15-14(16-12-8-4-2-5-9-12)17-13-10-6-3-7-11-13/h2-11,14H,1H3. The lowest BCUT2D eigenvalue weighted by Crippen LogP contribution is -1.98. The molecule has 0 bridgehead atoms. The number of thioether (sulfide) groups is 2. The first-order valence-electron chi connectivity index (χ1n) is 5.34. The SMILES string of the molecule is COC(Sc1ccccc1)Sc1ccccc1. The van der Waals surface area contributed by atoms with Crippen LogP contribution in [0.1, 0.15) is 0 Å². The van der Waals surface area contributed by atoms with Gasteiger partial charge in [0.05, 0.1) is 0 Å². The summed E-state index contributed by atoms with van der Waals surface area (Å²) in [4.78, 5) is 2.45. The molecule has 0 unspecified atom stereocenters. The average molecular weight is 262 g/mol. The lowest BCUT2D eigenvalue weighted by atomic mass is 10.4. The molecule has 0 saturated heterocycles. The summed E-state index contributed by atoms with van der Waals surface area (Å²) in [7, 11) is 1.75. The molecule has 2 rings (SSSR count). The highest BCUT2D eigenvalue weighted by Crippen LogP contribution is 2.35. The first-order chi connectivity index (χ1) is 8.38. The molecule has 0 atom stereocenters. The van der Waals surface area contributed by atoms with E-state index in [1.54, 1.807) is 30.6 Å². The van der Waals surface area contributed by atoms with Crippen LogP contribution in [0.2, 0.25) is 0 Å². The van der Waals surface area contributed by atoms with Gasteiger partial charge in [-0.15, -0.1) is 0 Å². The molecule has 2 aromatic carbocycles. The Morgan fingerprint density at radius 3 is 1.53 bits per heavy atom. The minimum absolute atomic E-state index is 0.0831. The van der Waals surface area contributed by atoms with Crippen molar-refractivity contribution >= 4 is 23.5 Å². The molecule has 17 heavy (non-hydrogen) atoms. The molecule has 0 saturated carbocycles. The summed E-state index contributed by atoms with van der Waals surface area (Å²) in [5.41, 5.74) is 0. The summed E-state index contributed by atoms with van der Waals surface area (Å²) < 4.78 is 5.57. The highest BCUT2D eigenvalue weighted by atomic mass is 32.2. The van der Waals surface area contributed by atoms with Crippen LogP contribution in [0.3, 0.4) is 0 Å². The molecule has 0 aliphatic rings. The third-order valence-corrected chi connectivity index (χ3v) is 4.58. The highest BCUT2D eigenvalue weighted by molar-refractivity contribution is 8.16. The maximum absolute atomic E-state index is 5.48. The zero-order chi connectivity index (χ0) is 11.9.